The molecule has 5 heteroatoms. The van der Waals surface area contributed by atoms with Gasteiger partial charge in [-0.1, -0.05) is 6.92 Å². The van der Waals surface area contributed by atoms with Crippen molar-refractivity contribution in [3.05, 3.63) is 0 Å². The molecule has 0 aromatic carbocycles. The largest absolute Gasteiger partial charge is 0.441 e. The van der Waals surface area contributed by atoms with Crippen LogP contribution in [0.4, 0.5) is 0 Å². The lowest BCUT2D eigenvalue weighted by molar-refractivity contribution is 0.326. The smallest absolute Gasteiger partial charge is 0.418 e. The highest BCUT2D eigenvalue weighted by Crippen LogP contribution is 1.92. The average Bonchev–Trinajstić information content (AvgIpc) is 1.84. The maximum Gasteiger partial charge on any atom is 0.418 e. The summed E-state index contributed by atoms with van der Waals surface area (Å²) in [6, 6.07) is 0. The highest BCUT2D eigenvalue weighted by Gasteiger charge is 2.08. The van der Waals surface area contributed by atoms with Crippen LogP contribution in [0.1, 0.15) is 13.3 Å². The fourth-order valence-electron chi connectivity index (χ4n) is 0.484. The summed E-state index contributed by atoms with van der Waals surface area (Å²) in [6.07, 6.45) is 0.532. The van der Waals surface area contributed by atoms with Crippen LogP contribution in [0, 0.1) is 0 Å². The van der Waals surface area contributed by atoms with E-state index in [9.17, 15) is 13.2 Å². The van der Waals surface area contributed by atoms with Gasteiger partial charge in [-0.25, -0.2) is 13.2 Å². The van der Waals surface area contributed by atoms with Gasteiger partial charge in [0, 0.05) is 0 Å². The summed E-state index contributed by atoms with van der Waals surface area (Å²) in [5, 5.41) is 0. The zero-order chi connectivity index (χ0) is 8.04. The summed E-state index contributed by atoms with van der Waals surface area (Å²) in [7, 11) is -3.18. The van der Waals surface area contributed by atoms with E-state index in [-0.39, 0.29) is 5.75 Å². The van der Waals surface area contributed by atoms with Crippen molar-refractivity contribution in [2.45, 2.75) is 13.3 Å². The lowest BCUT2D eigenvalue weighted by Gasteiger charge is -1.97. The lowest BCUT2D eigenvalue weighted by atomic mass is 10.6. The Morgan fingerprint density at radius 1 is 1.50 bits per heavy atom. The number of sulfone groups is 1. The van der Waals surface area contributed by atoms with Crippen molar-refractivity contribution in [1.29, 1.82) is 0 Å². The van der Waals surface area contributed by atoms with Crippen molar-refractivity contribution >= 4 is 16.3 Å². The molecule has 0 saturated carbocycles. The Kier molecular flexibility index (Phi) is 4.02. The number of ether oxygens (including phenoxy) is 1. The van der Waals surface area contributed by atoms with Crippen LogP contribution < -0.4 is 0 Å². The minimum Gasteiger partial charge on any atom is -0.441 e. The Morgan fingerprint density at radius 2 is 2.10 bits per heavy atom. The fraction of sp³-hybridized carbons (Fsp3) is 0.800. The van der Waals surface area contributed by atoms with Gasteiger partial charge in [0.2, 0.25) is 0 Å². The molecule has 4 nitrogen and oxygen atoms in total. The molecule has 0 N–H and O–H groups in total. The molecule has 0 rings (SSSR count). The Hall–Kier alpha value is -0.580. The predicted octanol–water partition coefficient (Wildman–Crippen LogP) is -0.147. The van der Waals surface area contributed by atoms with E-state index in [0.29, 0.717) is 6.42 Å². The topological polar surface area (TPSA) is 60.4 Å². The van der Waals surface area contributed by atoms with Crippen LogP contribution in [-0.2, 0) is 19.4 Å². The second-order valence-corrected chi connectivity index (χ2v) is 3.92. The molecule has 0 aliphatic rings. The Balaban J connectivity index is 3.76. The van der Waals surface area contributed by atoms with Crippen molar-refractivity contribution in [2.24, 2.45) is 0 Å². The molecule has 0 aromatic rings. The van der Waals surface area contributed by atoms with Crippen LogP contribution in [0.15, 0.2) is 0 Å². The van der Waals surface area contributed by atoms with E-state index in [0.717, 1.165) is 6.47 Å². The third kappa shape index (κ3) is 4.31. The first-order valence-electron chi connectivity index (χ1n) is 2.81. The van der Waals surface area contributed by atoms with Crippen LogP contribution in [0.3, 0.4) is 0 Å². The molecule has 0 amide bonds. The van der Waals surface area contributed by atoms with Gasteiger partial charge >= 0.3 is 6.47 Å². The summed E-state index contributed by atoms with van der Waals surface area (Å²) in [5.41, 5.74) is 0. The molecule has 0 aromatic heterocycles. The third-order valence-corrected chi connectivity index (χ3v) is 2.32. The SMILES string of the molecule is CCCS(=O)(=O)CO[C]=O. The molecule has 0 saturated heterocycles. The van der Waals surface area contributed by atoms with Gasteiger partial charge in [-0.15, -0.1) is 0 Å². The third-order valence-electron chi connectivity index (χ3n) is 0.813. The second-order valence-electron chi connectivity index (χ2n) is 1.79. The van der Waals surface area contributed by atoms with Gasteiger partial charge in [-0.05, 0) is 6.42 Å². The molecule has 0 aliphatic heterocycles. The van der Waals surface area contributed by atoms with Gasteiger partial charge in [0.1, 0.15) is 0 Å². The van der Waals surface area contributed by atoms with Crippen LogP contribution in [0.2, 0.25) is 0 Å². The van der Waals surface area contributed by atoms with E-state index in [1.165, 1.54) is 0 Å². The first-order chi connectivity index (χ1) is 4.62. The van der Waals surface area contributed by atoms with Crippen LogP contribution in [0.5, 0.6) is 0 Å². The van der Waals surface area contributed by atoms with Crippen LogP contribution in [-0.4, -0.2) is 26.6 Å². The summed E-state index contributed by atoms with van der Waals surface area (Å²) in [6.45, 7) is 2.79. The molecule has 10 heavy (non-hydrogen) atoms. The summed E-state index contributed by atoms with van der Waals surface area (Å²) < 4.78 is 25.3. The molecule has 0 unspecified atom stereocenters. The van der Waals surface area contributed by atoms with Gasteiger partial charge in [-0.2, -0.15) is 0 Å². The molecular formula is C5H9O4S. The molecule has 59 valence electrons. The molecule has 0 spiro atoms. The van der Waals surface area contributed by atoms with Crippen molar-refractivity contribution in [3.8, 4) is 0 Å². The summed E-state index contributed by atoms with van der Waals surface area (Å²) >= 11 is 0. The predicted molar refractivity (Wildman–Crippen MR) is 35.7 cm³/mol. The van der Waals surface area contributed by atoms with E-state index in [1.807, 2.05) is 0 Å². The first-order valence-corrected chi connectivity index (χ1v) is 4.64. The van der Waals surface area contributed by atoms with E-state index in [4.69, 9.17) is 0 Å². The Labute approximate surface area is 60.1 Å². The van der Waals surface area contributed by atoms with E-state index < -0.39 is 15.8 Å². The molecule has 0 bridgehead atoms. The minimum atomic E-state index is -3.18. The first kappa shape index (κ1) is 9.42. The molecule has 0 aliphatic carbocycles. The van der Waals surface area contributed by atoms with Crippen molar-refractivity contribution in [2.75, 3.05) is 11.7 Å². The van der Waals surface area contributed by atoms with E-state index >= 15 is 0 Å². The Morgan fingerprint density at radius 3 is 2.50 bits per heavy atom. The summed E-state index contributed by atoms with van der Waals surface area (Å²) in [5.74, 6) is -0.501. The fourth-order valence-corrected chi connectivity index (χ4v) is 1.45. The van der Waals surface area contributed by atoms with Crippen LogP contribution >= 0.6 is 0 Å². The zero-order valence-electron chi connectivity index (χ0n) is 5.66. The molecular weight excluding hydrogens is 156 g/mol. The maximum absolute atomic E-state index is 10.7. The second kappa shape index (κ2) is 4.27. The average molecular weight is 165 g/mol. The Bertz CT molecular complexity index is 182. The van der Waals surface area contributed by atoms with Crippen molar-refractivity contribution < 1.29 is 17.9 Å². The van der Waals surface area contributed by atoms with Crippen LogP contribution in [0.25, 0.3) is 0 Å². The quantitative estimate of drug-likeness (QED) is 0.568. The standard InChI is InChI=1S/C5H9O4S/c1-2-3-10(7,8)5-9-4-6/h2-3,5H2,1H3. The number of rotatable bonds is 5. The zero-order valence-corrected chi connectivity index (χ0v) is 6.48. The van der Waals surface area contributed by atoms with Gasteiger partial charge < -0.3 is 4.74 Å². The lowest BCUT2D eigenvalue weighted by Crippen LogP contribution is -2.12. The molecule has 0 fully saturated rings. The highest BCUT2D eigenvalue weighted by molar-refractivity contribution is 7.91. The monoisotopic (exact) mass is 165 g/mol. The maximum atomic E-state index is 10.7. The minimum absolute atomic E-state index is 0.0503. The van der Waals surface area contributed by atoms with E-state index in [1.54, 1.807) is 6.92 Å². The highest BCUT2D eigenvalue weighted by atomic mass is 32.2. The molecule has 0 atom stereocenters. The van der Waals surface area contributed by atoms with Crippen molar-refractivity contribution in [3.63, 3.8) is 0 Å². The van der Waals surface area contributed by atoms with Gasteiger partial charge in [-0.3, -0.25) is 0 Å². The van der Waals surface area contributed by atoms with Crippen molar-refractivity contribution in [1.82, 2.24) is 0 Å². The molecule has 0 heterocycles. The normalized spacial score (nSPS) is 10.9. The molecule has 1 radical (unpaired) electrons. The van der Waals surface area contributed by atoms with E-state index in [2.05, 4.69) is 4.74 Å². The van der Waals surface area contributed by atoms with Gasteiger partial charge in [0.25, 0.3) is 0 Å². The number of hydrogen-bond acceptors (Lipinski definition) is 4. The van der Waals surface area contributed by atoms with Gasteiger partial charge in [0.05, 0.1) is 5.75 Å². The number of hydrogen-bond donors (Lipinski definition) is 0. The van der Waals surface area contributed by atoms with Gasteiger partial charge in [0.15, 0.2) is 15.8 Å². The summed E-state index contributed by atoms with van der Waals surface area (Å²) in [4.78, 5) is 9.44. The number of carbonyl (C=O) groups excluding carboxylic acids is 1.